The van der Waals surface area contributed by atoms with E-state index in [4.69, 9.17) is 9.15 Å². The molecule has 1 atom stereocenters. The maximum absolute atomic E-state index is 12.1. The molecule has 186 valence electrons. The van der Waals surface area contributed by atoms with E-state index >= 15 is 0 Å². The van der Waals surface area contributed by atoms with E-state index in [9.17, 15) is 4.79 Å². The van der Waals surface area contributed by atoms with Crippen LogP contribution in [-0.2, 0) is 4.74 Å². The summed E-state index contributed by atoms with van der Waals surface area (Å²) in [7, 11) is 0. The highest BCUT2D eigenvalue weighted by molar-refractivity contribution is 5.90. The van der Waals surface area contributed by atoms with E-state index in [0.717, 1.165) is 50.3 Å². The van der Waals surface area contributed by atoms with Crippen molar-refractivity contribution in [2.24, 2.45) is 0 Å². The van der Waals surface area contributed by atoms with Crippen molar-refractivity contribution in [2.75, 3.05) is 11.9 Å². The number of pyridine rings is 1. The average Bonchev–Trinajstić information content (AvgIpc) is 3.28. The molecule has 37 heavy (non-hydrogen) atoms. The van der Waals surface area contributed by atoms with Crippen LogP contribution in [0.15, 0.2) is 77.7 Å². The van der Waals surface area contributed by atoms with Gasteiger partial charge in [-0.15, -0.1) is 0 Å². The zero-order valence-corrected chi connectivity index (χ0v) is 21.3. The van der Waals surface area contributed by atoms with Gasteiger partial charge in [0.05, 0.1) is 24.1 Å². The highest BCUT2D eigenvalue weighted by Crippen LogP contribution is 2.29. The van der Waals surface area contributed by atoms with Crippen LogP contribution in [0.1, 0.15) is 47.2 Å². The van der Waals surface area contributed by atoms with Crippen molar-refractivity contribution in [1.82, 2.24) is 15.0 Å². The molecule has 2 aromatic carbocycles. The number of furan rings is 1. The van der Waals surface area contributed by atoms with Gasteiger partial charge in [0.2, 0.25) is 0 Å². The van der Waals surface area contributed by atoms with Crippen molar-refractivity contribution >= 4 is 22.8 Å². The van der Waals surface area contributed by atoms with E-state index in [1.165, 1.54) is 6.20 Å². The van der Waals surface area contributed by atoms with Crippen LogP contribution in [0.3, 0.4) is 0 Å². The minimum atomic E-state index is -0.375. The lowest BCUT2D eigenvalue weighted by atomic mass is 10.0. The van der Waals surface area contributed by atoms with Gasteiger partial charge in [0.25, 0.3) is 0 Å². The first-order chi connectivity index (χ1) is 17.9. The largest absolute Gasteiger partial charge is 0.464 e. The lowest BCUT2D eigenvalue weighted by Gasteiger charge is -2.17. The van der Waals surface area contributed by atoms with Gasteiger partial charge in [0.1, 0.15) is 17.2 Å². The smallest absolute Gasteiger partial charge is 0.339 e. The molecule has 0 fully saturated rings. The molecular weight excluding hydrogens is 464 g/mol. The molecule has 0 aliphatic carbocycles. The van der Waals surface area contributed by atoms with Gasteiger partial charge in [-0.25, -0.2) is 14.8 Å². The van der Waals surface area contributed by atoms with Crippen molar-refractivity contribution in [3.05, 3.63) is 95.8 Å². The summed E-state index contributed by atoms with van der Waals surface area (Å²) >= 11 is 0. The number of nitrogens with one attached hydrogen (secondary N) is 1. The first-order valence-electron chi connectivity index (χ1n) is 12.2. The Hall–Kier alpha value is -4.52. The number of fused-ring (bicyclic) bond motifs is 1. The zero-order valence-electron chi connectivity index (χ0n) is 21.3. The number of carbonyl (C=O) groups is 1. The minimum Gasteiger partial charge on any atom is -0.464 e. The van der Waals surface area contributed by atoms with Crippen LogP contribution in [0.25, 0.3) is 33.4 Å². The molecule has 3 heterocycles. The van der Waals surface area contributed by atoms with Gasteiger partial charge in [-0.3, -0.25) is 4.98 Å². The quantitative estimate of drug-likeness (QED) is 0.247. The summed E-state index contributed by atoms with van der Waals surface area (Å²) in [6, 6.07) is 18.0. The van der Waals surface area contributed by atoms with Gasteiger partial charge < -0.3 is 14.5 Å². The summed E-state index contributed by atoms with van der Waals surface area (Å²) in [4.78, 5) is 25.7. The predicted molar refractivity (Wildman–Crippen MR) is 144 cm³/mol. The molecule has 0 unspecified atom stereocenters. The fourth-order valence-electron chi connectivity index (χ4n) is 4.32. The summed E-state index contributed by atoms with van der Waals surface area (Å²) in [6.45, 7) is 8.12. The van der Waals surface area contributed by atoms with Crippen LogP contribution in [0.2, 0.25) is 0 Å². The molecule has 0 saturated carbocycles. The molecule has 0 aliphatic heterocycles. The van der Waals surface area contributed by atoms with Crippen LogP contribution in [0.4, 0.5) is 5.82 Å². The van der Waals surface area contributed by atoms with Crippen LogP contribution in [0.5, 0.6) is 0 Å². The fraction of sp³-hybridized carbons (Fsp3) is 0.200. The summed E-state index contributed by atoms with van der Waals surface area (Å²) in [5.74, 6) is 1.06. The van der Waals surface area contributed by atoms with Gasteiger partial charge in [-0.2, -0.15) is 0 Å². The van der Waals surface area contributed by atoms with Crippen molar-refractivity contribution in [3.8, 4) is 22.4 Å². The number of carbonyl (C=O) groups excluding carboxylic acids is 1. The number of rotatable bonds is 7. The van der Waals surface area contributed by atoms with E-state index in [2.05, 4.69) is 45.4 Å². The molecular formula is C30H28N4O3. The number of nitrogens with zero attached hydrogens (tertiary/aromatic N) is 3. The van der Waals surface area contributed by atoms with Gasteiger partial charge in [0.15, 0.2) is 0 Å². The predicted octanol–water partition coefficient (Wildman–Crippen LogP) is 6.92. The Morgan fingerprint density at radius 1 is 1.00 bits per heavy atom. The summed E-state index contributed by atoms with van der Waals surface area (Å²) in [6.07, 6.45) is 5.04. The molecule has 0 spiro atoms. The second-order valence-electron chi connectivity index (χ2n) is 8.99. The number of hydrogen-bond acceptors (Lipinski definition) is 7. The van der Waals surface area contributed by atoms with Crippen LogP contribution >= 0.6 is 0 Å². The molecule has 1 N–H and O–H groups in total. The second kappa shape index (κ2) is 10.2. The maximum atomic E-state index is 12.1. The Kier molecular flexibility index (Phi) is 6.68. The van der Waals surface area contributed by atoms with Crippen LogP contribution in [0, 0.1) is 13.8 Å². The van der Waals surface area contributed by atoms with Gasteiger partial charge >= 0.3 is 5.97 Å². The second-order valence-corrected chi connectivity index (χ2v) is 8.99. The highest BCUT2D eigenvalue weighted by atomic mass is 16.5. The van der Waals surface area contributed by atoms with Crippen LogP contribution in [-0.4, -0.2) is 27.5 Å². The monoisotopic (exact) mass is 492 g/mol. The van der Waals surface area contributed by atoms with Crippen molar-refractivity contribution in [2.45, 2.75) is 33.7 Å². The van der Waals surface area contributed by atoms with E-state index in [1.807, 2.05) is 44.2 Å². The number of anilines is 1. The Labute approximate surface area is 215 Å². The van der Waals surface area contributed by atoms with Crippen molar-refractivity contribution in [3.63, 3.8) is 0 Å². The van der Waals surface area contributed by atoms with Crippen molar-refractivity contribution in [1.29, 1.82) is 0 Å². The number of esters is 1. The number of benzene rings is 2. The third-order valence-electron chi connectivity index (χ3n) is 6.23. The lowest BCUT2D eigenvalue weighted by Crippen LogP contribution is -2.09. The first kappa shape index (κ1) is 24.2. The minimum absolute atomic E-state index is 0.0260. The van der Waals surface area contributed by atoms with E-state index < -0.39 is 0 Å². The molecule has 0 saturated heterocycles. The Balaban J connectivity index is 1.39. The maximum Gasteiger partial charge on any atom is 0.339 e. The standard InChI is InChI=1S/C30H28N4O3/c1-5-36-30(35)25-12-24(15-31-16-25)22-8-6-7-21(11-22)19(3)32-29-14-27(33-20(4)34-29)23-9-10-28-26(13-23)18(2)17-37-28/h6-17,19H,5H2,1-4H3,(H,32,33,34)/t19-/m0/s1. The third-order valence-corrected chi connectivity index (χ3v) is 6.23. The Morgan fingerprint density at radius 2 is 1.86 bits per heavy atom. The Bertz CT molecular complexity index is 1590. The van der Waals surface area contributed by atoms with Crippen LogP contribution < -0.4 is 5.32 Å². The first-order valence-corrected chi connectivity index (χ1v) is 12.2. The van der Waals surface area contributed by atoms with E-state index in [-0.39, 0.29) is 12.0 Å². The normalized spacial score (nSPS) is 11.9. The van der Waals surface area contributed by atoms with Gasteiger partial charge in [-0.1, -0.05) is 18.2 Å². The molecule has 7 nitrogen and oxygen atoms in total. The molecule has 0 amide bonds. The van der Waals surface area contributed by atoms with Crippen molar-refractivity contribution < 1.29 is 13.9 Å². The van der Waals surface area contributed by atoms with E-state index in [0.29, 0.717) is 18.0 Å². The molecule has 5 rings (SSSR count). The lowest BCUT2D eigenvalue weighted by molar-refractivity contribution is 0.0526. The number of aromatic nitrogens is 3. The topological polar surface area (TPSA) is 90.1 Å². The molecule has 5 aromatic rings. The summed E-state index contributed by atoms with van der Waals surface area (Å²) in [5.41, 5.74) is 7.14. The fourth-order valence-corrected chi connectivity index (χ4v) is 4.32. The van der Waals surface area contributed by atoms with E-state index in [1.54, 1.807) is 25.5 Å². The number of aryl methyl sites for hydroxylation is 2. The molecule has 0 bridgehead atoms. The molecule has 3 aromatic heterocycles. The highest BCUT2D eigenvalue weighted by Gasteiger charge is 2.13. The SMILES string of the molecule is CCOC(=O)c1cncc(-c2cccc([C@H](C)Nc3cc(-c4ccc5occ(C)c5c4)nc(C)n3)c2)c1. The molecule has 0 radical (unpaired) electrons. The van der Waals surface area contributed by atoms with Gasteiger partial charge in [0, 0.05) is 41.0 Å². The Morgan fingerprint density at radius 3 is 2.70 bits per heavy atom. The summed E-state index contributed by atoms with van der Waals surface area (Å²) < 4.78 is 10.7. The summed E-state index contributed by atoms with van der Waals surface area (Å²) in [5, 5.41) is 4.60. The number of ether oxygens (including phenoxy) is 1. The average molecular weight is 493 g/mol. The van der Waals surface area contributed by atoms with Gasteiger partial charge in [-0.05, 0) is 74.7 Å². The third kappa shape index (κ3) is 5.21. The number of hydrogen-bond donors (Lipinski definition) is 1. The molecule has 0 aliphatic rings. The molecule has 7 heteroatoms. The zero-order chi connectivity index (χ0) is 25.9.